The number of thioether (sulfide) groups is 1. The normalized spacial score (nSPS) is 11.5. The van der Waals surface area contributed by atoms with Crippen molar-refractivity contribution < 1.29 is 5.11 Å². The highest BCUT2D eigenvalue weighted by atomic mass is 32.2. The largest absolute Gasteiger partial charge is 0.508 e. The molecule has 102 valence electrons. The number of para-hydroxylation sites is 1. The molecule has 3 rings (SSSR count). The summed E-state index contributed by atoms with van der Waals surface area (Å²) in [5, 5.41) is 18.7. The highest BCUT2D eigenvalue weighted by Crippen LogP contribution is 2.34. The first kappa shape index (κ1) is 13.7. The third-order valence-electron chi connectivity index (χ3n) is 2.75. The van der Waals surface area contributed by atoms with Crippen LogP contribution in [0.3, 0.4) is 0 Å². The first-order valence-electron chi connectivity index (χ1n) is 6.19. The van der Waals surface area contributed by atoms with Gasteiger partial charge in [-0.05, 0) is 47.7 Å². The van der Waals surface area contributed by atoms with E-state index < -0.39 is 0 Å². The number of benzene rings is 2. The minimum atomic E-state index is 0.186. The predicted molar refractivity (Wildman–Crippen MR) is 87.2 cm³/mol. The van der Waals surface area contributed by atoms with Crippen LogP contribution in [-0.4, -0.2) is 10.1 Å². The van der Waals surface area contributed by atoms with E-state index in [0.29, 0.717) is 4.91 Å². The zero-order chi connectivity index (χ0) is 14.7. The Bertz CT molecular complexity index is 829. The van der Waals surface area contributed by atoms with Crippen molar-refractivity contribution in [1.82, 2.24) is 4.98 Å². The monoisotopic (exact) mass is 310 g/mol. The first-order valence-corrected chi connectivity index (χ1v) is 7.82. The molecule has 1 N–H and O–H groups in total. The lowest BCUT2D eigenvalue weighted by atomic mass is 10.2. The maximum atomic E-state index is 9.45. The van der Waals surface area contributed by atoms with Crippen LogP contribution in [0.15, 0.2) is 57.8 Å². The fraction of sp³-hybridized carbons (Fsp3) is 0. The number of aromatic hydroxyl groups is 1. The number of nitrogens with zero attached hydrogens (tertiary/aromatic N) is 2. The summed E-state index contributed by atoms with van der Waals surface area (Å²) in [6, 6.07) is 16.9. The number of hydrogen-bond donors (Lipinski definition) is 1. The van der Waals surface area contributed by atoms with Gasteiger partial charge >= 0.3 is 0 Å². The van der Waals surface area contributed by atoms with Crippen LogP contribution in [0.25, 0.3) is 16.3 Å². The Labute approximate surface area is 130 Å². The van der Waals surface area contributed by atoms with Crippen LogP contribution < -0.4 is 0 Å². The Morgan fingerprint density at radius 1 is 1.24 bits per heavy atom. The average molecular weight is 310 g/mol. The lowest BCUT2D eigenvalue weighted by molar-refractivity contribution is 0.475. The van der Waals surface area contributed by atoms with Crippen molar-refractivity contribution in [1.29, 1.82) is 5.26 Å². The minimum absolute atomic E-state index is 0.186. The Morgan fingerprint density at radius 2 is 2.10 bits per heavy atom. The zero-order valence-corrected chi connectivity index (χ0v) is 12.5. The summed E-state index contributed by atoms with van der Waals surface area (Å²) < 4.78 is 1.94. The smallest absolute Gasteiger partial charge is 0.156 e. The number of fused-ring (bicyclic) bond motifs is 1. The van der Waals surface area contributed by atoms with Gasteiger partial charge in [0.1, 0.15) is 11.8 Å². The number of aromatic nitrogens is 1. The molecule has 3 nitrogen and oxygen atoms in total. The molecule has 0 aliphatic rings. The van der Waals surface area contributed by atoms with E-state index in [2.05, 4.69) is 11.1 Å². The van der Waals surface area contributed by atoms with Crippen LogP contribution in [0.2, 0.25) is 0 Å². The molecule has 0 atom stereocenters. The second-order valence-electron chi connectivity index (χ2n) is 4.26. The summed E-state index contributed by atoms with van der Waals surface area (Å²) in [7, 11) is 0. The Morgan fingerprint density at radius 3 is 2.86 bits per heavy atom. The van der Waals surface area contributed by atoms with Gasteiger partial charge in [-0.1, -0.05) is 24.3 Å². The van der Waals surface area contributed by atoms with Crippen molar-refractivity contribution in [3.8, 4) is 11.8 Å². The number of thiazole rings is 1. The second-order valence-corrected chi connectivity index (χ2v) is 6.58. The summed E-state index contributed by atoms with van der Waals surface area (Å²) in [6.07, 6.45) is 1.75. The van der Waals surface area contributed by atoms with Crippen LogP contribution in [0, 0.1) is 11.3 Å². The second kappa shape index (κ2) is 6.00. The molecule has 0 fully saturated rings. The van der Waals surface area contributed by atoms with Crippen LogP contribution >= 0.6 is 23.1 Å². The Balaban J connectivity index is 1.89. The number of allylic oxidation sites excluding steroid dienone is 1. The van der Waals surface area contributed by atoms with Gasteiger partial charge in [0.15, 0.2) is 4.34 Å². The van der Waals surface area contributed by atoms with Gasteiger partial charge in [-0.25, -0.2) is 4.98 Å². The molecule has 1 aromatic heterocycles. The summed E-state index contributed by atoms with van der Waals surface area (Å²) in [5.41, 5.74) is 1.74. The van der Waals surface area contributed by atoms with Crippen molar-refractivity contribution in [2.75, 3.05) is 0 Å². The number of phenols is 1. The van der Waals surface area contributed by atoms with Crippen LogP contribution in [0.5, 0.6) is 5.75 Å². The zero-order valence-electron chi connectivity index (χ0n) is 10.9. The van der Waals surface area contributed by atoms with Gasteiger partial charge in [0.25, 0.3) is 0 Å². The maximum Gasteiger partial charge on any atom is 0.156 e. The van der Waals surface area contributed by atoms with E-state index in [1.54, 1.807) is 35.6 Å². The number of rotatable bonds is 3. The number of phenolic OH excluding ortho intramolecular Hbond substituents is 1. The number of hydrogen-bond acceptors (Lipinski definition) is 5. The van der Waals surface area contributed by atoms with E-state index >= 15 is 0 Å². The van der Waals surface area contributed by atoms with Gasteiger partial charge in [-0.3, -0.25) is 0 Å². The van der Waals surface area contributed by atoms with Gasteiger partial charge in [0.05, 0.1) is 15.1 Å². The Kier molecular flexibility index (Phi) is 3.91. The van der Waals surface area contributed by atoms with Crippen LogP contribution in [0.1, 0.15) is 5.56 Å². The fourth-order valence-corrected chi connectivity index (χ4v) is 3.81. The standard InChI is InChI=1S/C16H10N2OS2/c17-10-13(9-11-4-3-5-12(19)8-11)20-16-18-14-6-1-2-7-15(14)21-16/h1-9,19H/b13-9+. The van der Waals surface area contributed by atoms with Crippen molar-refractivity contribution in [2.45, 2.75) is 4.34 Å². The molecule has 0 saturated heterocycles. The third kappa shape index (κ3) is 3.24. The van der Waals surface area contributed by atoms with Crippen molar-refractivity contribution in [3.05, 3.63) is 59.0 Å². The van der Waals surface area contributed by atoms with Crippen LogP contribution in [-0.2, 0) is 0 Å². The van der Waals surface area contributed by atoms with Crippen LogP contribution in [0.4, 0.5) is 0 Å². The summed E-state index contributed by atoms with van der Waals surface area (Å²) in [6.45, 7) is 0. The minimum Gasteiger partial charge on any atom is -0.508 e. The molecule has 0 aliphatic heterocycles. The van der Waals surface area contributed by atoms with Gasteiger partial charge in [0.2, 0.25) is 0 Å². The molecule has 5 heteroatoms. The fourth-order valence-electron chi connectivity index (χ4n) is 1.84. The van der Waals surface area contributed by atoms with Gasteiger partial charge < -0.3 is 5.11 Å². The van der Waals surface area contributed by atoms with E-state index in [4.69, 9.17) is 0 Å². The predicted octanol–water partition coefficient (Wildman–Crippen LogP) is 4.66. The highest BCUT2D eigenvalue weighted by Gasteiger charge is 2.07. The Hall–Kier alpha value is -2.29. The molecule has 0 unspecified atom stereocenters. The first-order chi connectivity index (χ1) is 10.2. The topological polar surface area (TPSA) is 56.9 Å². The van der Waals surface area contributed by atoms with Gasteiger partial charge in [-0.2, -0.15) is 5.26 Å². The van der Waals surface area contributed by atoms with Gasteiger partial charge in [0, 0.05) is 0 Å². The molecule has 0 saturated carbocycles. The SMILES string of the molecule is N#C/C(=C\c1cccc(O)c1)Sc1nc2ccccc2s1. The average Bonchev–Trinajstić information content (AvgIpc) is 2.89. The molecule has 1 heterocycles. The number of nitriles is 1. The third-order valence-corrected chi connectivity index (χ3v) is 4.78. The molecule has 0 aliphatic carbocycles. The van der Waals surface area contributed by atoms with Crippen molar-refractivity contribution in [3.63, 3.8) is 0 Å². The maximum absolute atomic E-state index is 9.45. The van der Waals surface area contributed by atoms with E-state index in [0.717, 1.165) is 20.1 Å². The van der Waals surface area contributed by atoms with Crippen molar-refractivity contribution >= 4 is 39.4 Å². The van der Waals surface area contributed by atoms with E-state index in [9.17, 15) is 10.4 Å². The lowest BCUT2D eigenvalue weighted by Gasteiger charge is -1.97. The molecule has 2 aromatic carbocycles. The molecule has 0 radical (unpaired) electrons. The highest BCUT2D eigenvalue weighted by molar-refractivity contribution is 8.05. The molecule has 0 amide bonds. The van der Waals surface area contributed by atoms with E-state index in [-0.39, 0.29) is 5.75 Å². The van der Waals surface area contributed by atoms with E-state index in [1.807, 2.05) is 30.3 Å². The summed E-state index contributed by atoms with van der Waals surface area (Å²) >= 11 is 2.91. The molecule has 21 heavy (non-hydrogen) atoms. The molecule has 0 bridgehead atoms. The van der Waals surface area contributed by atoms with Crippen molar-refractivity contribution in [2.24, 2.45) is 0 Å². The quantitative estimate of drug-likeness (QED) is 0.564. The van der Waals surface area contributed by atoms with E-state index in [1.165, 1.54) is 11.8 Å². The molecule has 3 aromatic rings. The molecular formula is C16H10N2OS2. The van der Waals surface area contributed by atoms with Gasteiger partial charge in [-0.15, -0.1) is 11.3 Å². The molecular weight excluding hydrogens is 300 g/mol. The summed E-state index contributed by atoms with van der Waals surface area (Å²) in [4.78, 5) is 5.04. The molecule has 0 spiro atoms. The summed E-state index contributed by atoms with van der Waals surface area (Å²) in [5.74, 6) is 0.186. The lowest BCUT2D eigenvalue weighted by Crippen LogP contribution is -1.76.